The van der Waals surface area contributed by atoms with Crippen LogP contribution in [0.1, 0.15) is 18.4 Å². The third kappa shape index (κ3) is 6.24. The standard InChI is InChI=1S/C14H20N2O2/c1-17-11-9-16-12-13-4-6-14(7-5-13)18-10-3-2-8-15/h4-7,16H,2-3,9-12H2,1H3. The van der Waals surface area contributed by atoms with Gasteiger partial charge in [0.15, 0.2) is 0 Å². The van der Waals surface area contributed by atoms with Crippen LogP contribution < -0.4 is 10.1 Å². The van der Waals surface area contributed by atoms with Gasteiger partial charge in [-0.25, -0.2) is 0 Å². The molecule has 0 unspecified atom stereocenters. The van der Waals surface area contributed by atoms with Gasteiger partial charge in [-0.15, -0.1) is 0 Å². The topological polar surface area (TPSA) is 54.3 Å². The molecule has 0 aliphatic heterocycles. The molecule has 4 heteroatoms. The Kier molecular flexibility index (Phi) is 7.61. The summed E-state index contributed by atoms with van der Waals surface area (Å²) in [5, 5.41) is 11.7. The molecule has 0 heterocycles. The Hall–Kier alpha value is -1.57. The fourth-order valence-corrected chi connectivity index (χ4v) is 1.45. The average Bonchev–Trinajstić information content (AvgIpc) is 2.41. The summed E-state index contributed by atoms with van der Waals surface area (Å²) < 4.78 is 10.5. The number of methoxy groups -OCH3 is 1. The highest BCUT2D eigenvalue weighted by molar-refractivity contribution is 5.27. The Labute approximate surface area is 109 Å². The van der Waals surface area contributed by atoms with E-state index in [1.807, 2.05) is 24.3 Å². The molecule has 0 saturated heterocycles. The van der Waals surface area contributed by atoms with Gasteiger partial charge in [0.25, 0.3) is 0 Å². The zero-order valence-corrected chi connectivity index (χ0v) is 10.8. The number of benzene rings is 1. The van der Waals surface area contributed by atoms with Gasteiger partial charge in [0.2, 0.25) is 0 Å². The summed E-state index contributed by atoms with van der Waals surface area (Å²) in [5.74, 6) is 0.855. The van der Waals surface area contributed by atoms with Crippen molar-refractivity contribution in [3.63, 3.8) is 0 Å². The molecule has 0 aliphatic carbocycles. The number of hydrogen-bond acceptors (Lipinski definition) is 4. The third-order valence-electron chi connectivity index (χ3n) is 2.44. The quantitative estimate of drug-likeness (QED) is 0.680. The van der Waals surface area contributed by atoms with Gasteiger partial charge < -0.3 is 14.8 Å². The van der Waals surface area contributed by atoms with E-state index in [4.69, 9.17) is 14.7 Å². The lowest BCUT2D eigenvalue weighted by molar-refractivity contribution is 0.199. The van der Waals surface area contributed by atoms with E-state index in [1.165, 1.54) is 5.56 Å². The average molecular weight is 248 g/mol. The number of nitriles is 1. The van der Waals surface area contributed by atoms with Crippen molar-refractivity contribution in [3.05, 3.63) is 29.8 Å². The normalized spacial score (nSPS) is 10.0. The second-order valence-corrected chi connectivity index (χ2v) is 3.92. The Balaban J connectivity index is 2.23. The number of nitrogens with zero attached hydrogens (tertiary/aromatic N) is 1. The molecule has 1 rings (SSSR count). The van der Waals surface area contributed by atoms with Crippen LogP contribution in [0.4, 0.5) is 0 Å². The van der Waals surface area contributed by atoms with Crippen molar-refractivity contribution in [3.8, 4) is 11.8 Å². The van der Waals surface area contributed by atoms with Gasteiger partial charge in [-0.2, -0.15) is 5.26 Å². The molecule has 98 valence electrons. The Morgan fingerprint density at radius 1 is 1.22 bits per heavy atom. The van der Waals surface area contributed by atoms with Gasteiger partial charge in [-0.05, 0) is 24.1 Å². The smallest absolute Gasteiger partial charge is 0.119 e. The van der Waals surface area contributed by atoms with E-state index < -0.39 is 0 Å². The Morgan fingerprint density at radius 3 is 2.67 bits per heavy atom. The molecule has 0 radical (unpaired) electrons. The van der Waals surface area contributed by atoms with Gasteiger partial charge in [0, 0.05) is 26.6 Å². The summed E-state index contributed by atoms with van der Waals surface area (Å²) in [7, 11) is 1.69. The minimum atomic E-state index is 0.543. The predicted molar refractivity (Wildman–Crippen MR) is 70.4 cm³/mol. The predicted octanol–water partition coefficient (Wildman–Crippen LogP) is 2.11. The van der Waals surface area contributed by atoms with E-state index in [-0.39, 0.29) is 0 Å². The lowest BCUT2D eigenvalue weighted by atomic mass is 10.2. The van der Waals surface area contributed by atoms with Crippen molar-refractivity contribution in [2.24, 2.45) is 0 Å². The molecule has 0 amide bonds. The molecule has 4 nitrogen and oxygen atoms in total. The van der Waals surface area contributed by atoms with Crippen molar-refractivity contribution in [2.45, 2.75) is 19.4 Å². The Bertz CT molecular complexity index is 357. The molecule has 0 bridgehead atoms. The van der Waals surface area contributed by atoms with Crippen molar-refractivity contribution < 1.29 is 9.47 Å². The highest BCUT2D eigenvalue weighted by Gasteiger charge is 1.96. The molecule has 1 aromatic carbocycles. The van der Waals surface area contributed by atoms with Gasteiger partial charge >= 0.3 is 0 Å². The maximum Gasteiger partial charge on any atom is 0.119 e. The molecular weight excluding hydrogens is 228 g/mol. The summed E-state index contributed by atoms with van der Waals surface area (Å²) in [6.07, 6.45) is 1.32. The van der Waals surface area contributed by atoms with E-state index in [0.717, 1.165) is 31.9 Å². The second kappa shape index (κ2) is 9.46. The van der Waals surface area contributed by atoms with Crippen LogP contribution in [0.3, 0.4) is 0 Å². The van der Waals surface area contributed by atoms with Crippen LogP contribution in [0.15, 0.2) is 24.3 Å². The Morgan fingerprint density at radius 2 is 2.00 bits per heavy atom. The molecule has 0 spiro atoms. The summed E-state index contributed by atoms with van der Waals surface area (Å²) in [5.41, 5.74) is 1.22. The summed E-state index contributed by atoms with van der Waals surface area (Å²) in [6, 6.07) is 10.1. The number of hydrogen-bond donors (Lipinski definition) is 1. The van der Waals surface area contributed by atoms with Crippen LogP contribution in [0.25, 0.3) is 0 Å². The molecule has 18 heavy (non-hydrogen) atoms. The van der Waals surface area contributed by atoms with Gasteiger partial charge in [-0.1, -0.05) is 12.1 Å². The van der Waals surface area contributed by atoms with Crippen molar-refractivity contribution in [1.82, 2.24) is 5.32 Å². The van der Waals surface area contributed by atoms with Gasteiger partial charge in [-0.3, -0.25) is 0 Å². The highest BCUT2D eigenvalue weighted by Crippen LogP contribution is 2.12. The van der Waals surface area contributed by atoms with E-state index in [2.05, 4.69) is 11.4 Å². The maximum atomic E-state index is 8.40. The molecule has 1 N–H and O–H groups in total. The highest BCUT2D eigenvalue weighted by atomic mass is 16.5. The number of nitrogens with one attached hydrogen (secondary N) is 1. The van der Waals surface area contributed by atoms with E-state index in [0.29, 0.717) is 13.0 Å². The van der Waals surface area contributed by atoms with Crippen LogP contribution in [0, 0.1) is 11.3 Å². The molecular formula is C14H20N2O2. The van der Waals surface area contributed by atoms with E-state index in [9.17, 15) is 0 Å². The monoisotopic (exact) mass is 248 g/mol. The van der Waals surface area contributed by atoms with Crippen LogP contribution in [-0.4, -0.2) is 26.9 Å². The van der Waals surface area contributed by atoms with Crippen LogP contribution >= 0.6 is 0 Å². The largest absolute Gasteiger partial charge is 0.494 e. The molecule has 0 aliphatic rings. The zero-order valence-electron chi connectivity index (χ0n) is 10.8. The second-order valence-electron chi connectivity index (χ2n) is 3.92. The molecule has 0 atom stereocenters. The fraction of sp³-hybridized carbons (Fsp3) is 0.500. The first-order valence-corrected chi connectivity index (χ1v) is 6.15. The van der Waals surface area contributed by atoms with Crippen molar-refractivity contribution in [2.75, 3.05) is 26.9 Å². The number of ether oxygens (including phenoxy) is 2. The first-order chi connectivity index (χ1) is 8.86. The summed E-state index contributed by atoms with van der Waals surface area (Å²) >= 11 is 0. The first-order valence-electron chi connectivity index (χ1n) is 6.15. The van der Waals surface area contributed by atoms with Crippen LogP contribution in [-0.2, 0) is 11.3 Å². The molecule has 0 aromatic heterocycles. The van der Waals surface area contributed by atoms with Crippen LogP contribution in [0.5, 0.6) is 5.75 Å². The van der Waals surface area contributed by atoms with E-state index >= 15 is 0 Å². The minimum absolute atomic E-state index is 0.543. The lowest BCUT2D eigenvalue weighted by Gasteiger charge is -2.07. The lowest BCUT2D eigenvalue weighted by Crippen LogP contribution is -2.18. The maximum absolute atomic E-state index is 8.40. The molecule has 0 saturated carbocycles. The summed E-state index contributed by atoms with van der Waals surface area (Å²) in [4.78, 5) is 0. The minimum Gasteiger partial charge on any atom is -0.494 e. The fourth-order valence-electron chi connectivity index (χ4n) is 1.45. The van der Waals surface area contributed by atoms with Gasteiger partial charge in [0.05, 0.1) is 19.3 Å². The van der Waals surface area contributed by atoms with Crippen LogP contribution in [0.2, 0.25) is 0 Å². The van der Waals surface area contributed by atoms with Crippen molar-refractivity contribution in [1.29, 1.82) is 5.26 Å². The zero-order chi connectivity index (χ0) is 13.1. The number of rotatable bonds is 9. The summed E-state index contributed by atoms with van der Waals surface area (Å²) in [6.45, 7) is 3.00. The van der Waals surface area contributed by atoms with Gasteiger partial charge in [0.1, 0.15) is 5.75 Å². The SMILES string of the molecule is COCCNCc1ccc(OCCCC#N)cc1. The third-order valence-corrected chi connectivity index (χ3v) is 2.44. The van der Waals surface area contributed by atoms with E-state index in [1.54, 1.807) is 7.11 Å². The first kappa shape index (κ1) is 14.5. The molecule has 1 aromatic rings. The number of unbranched alkanes of at least 4 members (excludes halogenated alkanes) is 1. The molecule has 0 fully saturated rings. The van der Waals surface area contributed by atoms with Crippen molar-refractivity contribution >= 4 is 0 Å².